The number of hydrogen-bond donors (Lipinski definition) is 2. The van der Waals surface area contributed by atoms with E-state index in [0.29, 0.717) is 28.4 Å². The van der Waals surface area contributed by atoms with Gasteiger partial charge >= 0.3 is 0 Å². The molecule has 2 aromatic carbocycles. The maximum Gasteiger partial charge on any atom is 0.291 e. The minimum absolute atomic E-state index is 0.118. The fourth-order valence-corrected chi connectivity index (χ4v) is 3.18. The molecule has 2 N–H and O–H groups in total. The van der Waals surface area contributed by atoms with Crippen molar-refractivity contribution in [2.75, 3.05) is 17.7 Å². The van der Waals surface area contributed by atoms with Gasteiger partial charge in [-0.2, -0.15) is 0 Å². The molecule has 0 radical (unpaired) electrons. The minimum atomic E-state index is -0.437. The molecular formula is C25H21N3O5. The second kappa shape index (κ2) is 9.69. The van der Waals surface area contributed by atoms with Crippen molar-refractivity contribution in [2.45, 2.75) is 6.54 Å². The molecule has 0 aliphatic carbocycles. The van der Waals surface area contributed by atoms with Crippen LogP contribution in [0.1, 0.15) is 26.7 Å². The number of amides is 2. The van der Waals surface area contributed by atoms with E-state index >= 15 is 0 Å². The van der Waals surface area contributed by atoms with Crippen molar-refractivity contribution in [1.29, 1.82) is 0 Å². The lowest BCUT2D eigenvalue weighted by Crippen LogP contribution is -2.18. The first kappa shape index (κ1) is 21.6. The van der Waals surface area contributed by atoms with Gasteiger partial charge in [-0.25, -0.2) is 0 Å². The van der Waals surface area contributed by atoms with E-state index in [-0.39, 0.29) is 23.8 Å². The average molecular weight is 443 g/mol. The molecule has 0 spiro atoms. The van der Waals surface area contributed by atoms with Crippen LogP contribution in [0, 0.1) is 0 Å². The van der Waals surface area contributed by atoms with Gasteiger partial charge in [-0.15, -0.1) is 0 Å². The van der Waals surface area contributed by atoms with Gasteiger partial charge in [-0.05, 0) is 54.6 Å². The maximum absolute atomic E-state index is 12.5. The number of aromatic nitrogens is 1. The zero-order valence-corrected chi connectivity index (χ0v) is 17.8. The molecule has 0 aliphatic heterocycles. The molecule has 2 amide bonds. The van der Waals surface area contributed by atoms with E-state index in [1.54, 1.807) is 72.9 Å². The molecule has 0 saturated carbocycles. The molecule has 8 nitrogen and oxygen atoms in total. The van der Waals surface area contributed by atoms with Gasteiger partial charge in [0.15, 0.2) is 5.76 Å². The fourth-order valence-electron chi connectivity index (χ4n) is 3.18. The summed E-state index contributed by atoms with van der Waals surface area (Å²) >= 11 is 0. The monoisotopic (exact) mass is 443 g/mol. The molecule has 0 saturated heterocycles. The summed E-state index contributed by atoms with van der Waals surface area (Å²) in [4.78, 5) is 36.9. The number of carbonyl (C=O) groups excluding carboxylic acids is 2. The molecule has 33 heavy (non-hydrogen) atoms. The van der Waals surface area contributed by atoms with Gasteiger partial charge in [0.25, 0.3) is 17.4 Å². The zero-order valence-electron chi connectivity index (χ0n) is 17.8. The molecule has 4 aromatic rings. The number of methoxy groups -OCH3 is 1. The number of anilines is 2. The number of ether oxygens (including phenoxy) is 1. The molecule has 2 aromatic heterocycles. The van der Waals surface area contributed by atoms with Crippen molar-refractivity contribution in [1.82, 2.24) is 4.57 Å². The Kier molecular flexibility index (Phi) is 6.36. The van der Waals surface area contributed by atoms with E-state index in [1.165, 1.54) is 17.7 Å². The van der Waals surface area contributed by atoms with Gasteiger partial charge in [0.1, 0.15) is 11.5 Å². The number of hydrogen-bond acceptors (Lipinski definition) is 5. The first-order valence-corrected chi connectivity index (χ1v) is 10.1. The fraction of sp³-hybridized carbons (Fsp3) is 0.0800. The van der Waals surface area contributed by atoms with Gasteiger partial charge in [0, 0.05) is 23.5 Å². The first-order chi connectivity index (χ1) is 16.0. The Hall–Kier alpha value is -4.59. The van der Waals surface area contributed by atoms with Crippen molar-refractivity contribution in [2.24, 2.45) is 0 Å². The average Bonchev–Trinajstić information content (AvgIpc) is 3.30. The molecule has 0 atom stereocenters. The van der Waals surface area contributed by atoms with E-state index < -0.39 is 5.91 Å². The van der Waals surface area contributed by atoms with Gasteiger partial charge in [0.05, 0.1) is 19.3 Å². The van der Waals surface area contributed by atoms with Crippen LogP contribution in [-0.2, 0) is 6.54 Å². The summed E-state index contributed by atoms with van der Waals surface area (Å²) in [5.74, 6) is 0.422. The highest BCUT2D eigenvalue weighted by atomic mass is 16.5. The number of rotatable bonds is 7. The summed E-state index contributed by atoms with van der Waals surface area (Å²) < 4.78 is 12.3. The van der Waals surface area contributed by atoms with E-state index in [2.05, 4.69) is 10.6 Å². The predicted octanol–water partition coefficient (Wildman–Crippen LogP) is 4.00. The number of carbonyl (C=O) groups is 2. The van der Waals surface area contributed by atoms with Crippen LogP contribution in [0.3, 0.4) is 0 Å². The number of furan rings is 1. The highest BCUT2D eigenvalue weighted by Gasteiger charge is 2.13. The Bertz CT molecular complexity index is 1340. The van der Waals surface area contributed by atoms with Crippen molar-refractivity contribution in [3.8, 4) is 5.75 Å². The van der Waals surface area contributed by atoms with Gasteiger partial charge in [-0.3, -0.25) is 14.4 Å². The van der Waals surface area contributed by atoms with Crippen molar-refractivity contribution < 1.29 is 18.7 Å². The Labute approximate surface area is 189 Å². The normalized spacial score (nSPS) is 10.5. The second-order valence-corrected chi connectivity index (χ2v) is 7.12. The van der Waals surface area contributed by atoms with Crippen LogP contribution in [0.2, 0.25) is 0 Å². The van der Waals surface area contributed by atoms with E-state index in [4.69, 9.17) is 9.15 Å². The van der Waals surface area contributed by atoms with Crippen LogP contribution < -0.4 is 20.9 Å². The summed E-state index contributed by atoms with van der Waals surface area (Å²) in [6.45, 7) is 0.225. The third-order valence-corrected chi connectivity index (χ3v) is 4.87. The van der Waals surface area contributed by atoms with Crippen molar-refractivity contribution in [3.63, 3.8) is 0 Å². The Balaban J connectivity index is 1.38. The summed E-state index contributed by atoms with van der Waals surface area (Å²) in [6.07, 6.45) is 1.65. The minimum Gasteiger partial charge on any atom is -0.495 e. The van der Waals surface area contributed by atoms with Crippen LogP contribution in [0.5, 0.6) is 5.75 Å². The van der Waals surface area contributed by atoms with Crippen LogP contribution >= 0.6 is 0 Å². The van der Waals surface area contributed by atoms with Crippen LogP contribution in [0.25, 0.3) is 0 Å². The van der Waals surface area contributed by atoms with Crippen molar-refractivity contribution in [3.05, 3.63) is 112 Å². The molecule has 8 heteroatoms. The van der Waals surface area contributed by atoms with E-state index in [9.17, 15) is 14.4 Å². The topological polar surface area (TPSA) is 103 Å². The zero-order chi connectivity index (χ0) is 23.2. The largest absolute Gasteiger partial charge is 0.495 e. The summed E-state index contributed by atoms with van der Waals surface area (Å²) in [6, 6.07) is 21.7. The SMILES string of the molecule is COc1ccccc1NC(=O)c1ccc(NC(=O)c2ccc(Cn3ccccc3=O)o2)cc1. The highest BCUT2D eigenvalue weighted by Crippen LogP contribution is 2.24. The summed E-state index contributed by atoms with van der Waals surface area (Å²) in [5.41, 5.74) is 1.34. The molecule has 166 valence electrons. The lowest BCUT2D eigenvalue weighted by molar-refractivity contribution is 0.0993. The molecule has 4 rings (SSSR count). The Morgan fingerprint density at radius 2 is 1.64 bits per heavy atom. The van der Waals surface area contributed by atoms with Gasteiger partial charge in [-0.1, -0.05) is 18.2 Å². The summed E-state index contributed by atoms with van der Waals surface area (Å²) in [7, 11) is 1.53. The quantitative estimate of drug-likeness (QED) is 0.449. The lowest BCUT2D eigenvalue weighted by atomic mass is 10.2. The first-order valence-electron chi connectivity index (χ1n) is 10.1. The van der Waals surface area contributed by atoms with Crippen molar-refractivity contribution >= 4 is 23.2 Å². The predicted molar refractivity (Wildman–Crippen MR) is 124 cm³/mol. The second-order valence-electron chi connectivity index (χ2n) is 7.12. The van der Waals surface area contributed by atoms with Crippen LogP contribution in [0.4, 0.5) is 11.4 Å². The number of nitrogens with one attached hydrogen (secondary N) is 2. The molecular weight excluding hydrogens is 422 g/mol. The smallest absolute Gasteiger partial charge is 0.291 e. The van der Waals surface area contributed by atoms with Crippen LogP contribution in [-0.4, -0.2) is 23.5 Å². The van der Waals surface area contributed by atoms with Crippen LogP contribution in [0.15, 0.2) is 94.3 Å². The number of benzene rings is 2. The number of pyridine rings is 1. The molecule has 0 fully saturated rings. The molecule has 0 bridgehead atoms. The highest BCUT2D eigenvalue weighted by molar-refractivity contribution is 6.06. The maximum atomic E-state index is 12.5. The third kappa shape index (κ3) is 5.19. The third-order valence-electron chi connectivity index (χ3n) is 4.87. The Morgan fingerprint density at radius 1 is 0.879 bits per heavy atom. The Morgan fingerprint density at radius 3 is 2.39 bits per heavy atom. The van der Waals surface area contributed by atoms with Gasteiger partial charge in [0.2, 0.25) is 0 Å². The van der Waals surface area contributed by atoms with E-state index in [0.717, 1.165) is 0 Å². The molecule has 2 heterocycles. The van der Waals surface area contributed by atoms with E-state index in [1.807, 2.05) is 6.07 Å². The number of nitrogens with zero attached hydrogens (tertiary/aromatic N) is 1. The molecule has 0 aliphatic rings. The number of para-hydroxylation sites is 2. The standard InChI is InChI=1S/C25H21N3O5/c1-32-21-7-3-2-6-20(21)27-24(30)17-9-11-18(12-10-17)26-25(31)22-14-13-19(33-22)16-28-15-5-4-8-23(28)29/h2-15H,16H2,1H3,(H,26,31)(H,27,30). The summed E-state index contributed by atoms with van der Waals surface area (Å²) in [5, 5.41) is 5.53. The lowest BCUT2D eigenvalue weighted by Gasteiger charge is -2.10. The van der Waals surface area contributed by atoms with Gasteiger partial charge < -0.3 is 24.4 Å². The molecule has 0 unspecified atom stereocenters.